The lowest BCUT2D eigenvalue weighted by molar-refractivity contribution is -0.142. The summed E-state index contributed by atoms with van der Waals surface area (Å²) in [5.74, 6) is -0.0191. The molecule has 6 heteroatoms. The van der Waals surface area contributed by atoms with Crippen molar-refractivity contribution in [2.45, 2.75) is 36.8 Å². The molecule has 4 nitrogen and oxygen atoms in total. The van der Waals surface area contributed by atoms with Gasteiger partial charge in [0.15, 0.2) is 0 Å². The highest BCUT2D eigenvalue weighted by Gasteiger charge is 2.26. The van der Waals surface area contributed by atoms with Gasteiger partial charge in [-0.1, -0.05) is 6.42 Å². The van der Waals surface area contributed by atoms with Gasteiger partial charge in [0.1, 0.15) is 5.54 Å². The van der Waals surface area contributed by atoms with Gasteiger partial charge in [-0.15, -0.1) is 11.8 Å². The highest BCUT2D eigenvalue weighted by Crippen LogP contribution is 2.20. The van der Waals surface area contributed by atoms with Crippen molar-refractivity contribution in [1.29, 1.82) is 0 Å². The first-order valence-electron chi connectivity index (χ1n) is 5.68. The topological polar surface area (TPSA) is 76.2 Å². The van der Waals surface area contributed by atoms with E-state index < -0.39 is 11.5 Å². The van der Waals surface area contributed by atoms with E-state index >= 15 is 0 Å². The van der Waals surface area contributed by atoms with E-state index in [1.165, 1.54) is 0 Å². The molecule has 0 fully saturated rings. The number of hydrogen-bond donors (Lipinski definition) is 2. The monoisotopic (exact) mass is 332 g/mol. The van der Waals surface area contributed by atoms with Crippen molar-refractivity contribution in [2.75, 3.05) is 5.75 Å². The molecule has 0 amide bonds. The molecule has 1 unspecified atom stereocenters. The van der Waals surface area contributed by atoms with Crippen molar-refractivity contribution in [1.82, 2.24) is 4.98 Å². The maximum Gasteiger partial charge on any atom is 0.323 e. The number of aromatic nitrogens is 1. The second-order valence-electron chi connectivity index (χ2n) is 4.34. The Balaban J connectivity index is 2.20. The smallest absolute Gasteiger partial charge is 0.323 e. The number of pyridine rings is 1. The summed E-state index contributed by atoms with van der Waals surface area (Å²) in [6, 6.07) is 3.91. The fraction of sp³-hybridized carbons (Fsp3) is 0.500. The molecule has 0 saturated heterocycles. The molecule has 0 aliphatic heterocycles. The van der Waals surface area contributed by atoms with Gasteiger partial charge in [-0.25, -0.2) is 4.98 Å². The zero-order chi connectivity index (χ0) is 13.6. The number of hydrogen-bond acceptors (Lipinski definition) is 4. The third kappa shape index (κ3) is 5.37. The minimum Gasteiger partial charge on any atom is -0.480 e. The van der Waals surface area contributed by atoms with Crippen molar-refractivity contribution in [2.24, 2.45) is 5.73 Å². The molecular formula is C12H17BrN2O2S. The standard InChI is InChI=1S/C12H17BrN2O2S/c1-12(14,11(16)17)6-2-3-7-18-10-5-4-9(13)8-15-10/h4-5,8H,2-3,6-7,14H2,1H3,(H,16,17). The number of carboxylic acid groups (broad SMARTS) is 1. The number of carboxylic acids is 1. The van der Waals surface area contributed by atoms with Crippen LogP contribution in [-0.2, 0) is 4.79 Å². The molecule has 0 aromatic carbocycles. The van der Waals surface area contributed by atoms with Crippen molar-refractivity contribution in [3.8, 4) is 0 Å². The third-order valence-corrected chi connectivity index (χ3v) is 4.03. The summed E-state index contributed by atoms with van der Waals surface area (Å²) >= 11 is 5.00. The summed E-state index contributed by atoms with van der Waals surface area (Å²) in [5, 5.41) is 9.84. The Morgan fingerprint density at radius 1 is 1.56 bits per heavy atom. The minimum absolute atomic E-state index is 0.497. The van der Waals surface area contributed by atoms with Crippen LogP contribution in [0.4, 0.5) is 0 Å². The van der Waals surface area contributed by atoms with Gasteiger partial charge in [0.2, 0.25) is 0 Å². The molecule has 1 heterocycles. The van der Waals surface area contributed by atoms with Crippen LogP contribution in [0.5, 0.6) is 0 Å². The molecule has 1 atom stereocenters. The number of nitrogens with zero attached hydrogens (tertiary/aromatic N) is 1. The maximum absolute atomic E-state index is 10.8. The highest BCUT2D eigenvalue weighted by molar-refractivity contribution is 9.10. The Morgan fingerprint density at radius 3 is 2.83 bits per heavy atom. The number of rotatable bonds is 7. The van der Waals surface area contributed by atoms with Gasteiger partial charge in [0.25, 0.3) is 0 Å². The van der Waals surface area contributed by atoms with Gasteiger partial charge in [-0.2, -0.15) is 0 Å². The van der Waals surface area contributed by atoms with Gasteiger partial charge in [-0.05, 0) is 53.6 Å². The fourth-order valence-corrected chi connectivity index (χ4v) is 2.41. The SMILES string of the molecule is CC(N)(CCCCSc1ccc(Br)cn1)C(=O)O. The van der Waals surface area contributed by atoms with E-state index in [1.54, 1.807) is 24.9 Å². The van der Waals surface area contributed by atoms with Crippen LogP contribution in [0.2, 0.25) is 0 Å². The molecule has 0 radical (unpaired) electrons. The number of nitrogens with two attached hydrogens (primary N) is 1. The van der Waals surface area contributed by atoms with Crippen LogP contribution >= 0.6 is 27.7 Å². The lowest BCUT2D eigenvalue weighted by Crippen LogP contribution is -2.44. The summed E-state index contributed by atoms with van der Waals surface area (Å²) in [7, 11) is 0. The Labute approximate surface area is 119 Å². The summed E-state index contributed by atoms with van der Waals surface area (Å²) in [5.41, 5.74) is 4.54. The van der Waals surface area contributed by atoms with E-state index in [0.717, 1.165) is 28.1 Å². The van der Waals surface area contributed by atoms with Crippen molar-refractivity contribution in [3.63, 3.8) is 0 Å². The normalized spacial score (nSPS) is 14.2. The maximum atomic E-state index is 10.8. The van der Waals surface area contributed by atoms with Gasteiger partial charge in [0, 0.05) is 10.7 Å². The predicted octanol–water partition coefficient (Wildman–Crippen LogP) is 2.91. The third-order valence-electron chi connectivity index (χ3n) is 2.53. The first-order valence-corrected chi connectivity index (χ1v) is 7.46. The Bertz CT molecular complexity index is 396. The van der Waals surface area contributed by atoms with E-state index in [0.29, 0.717) is 6.42 Å². The Morgan fingerprint density at radius 2 is 2.28 bits per heavy atom. The molecule has 0 saturated carbocycles. The first-order chi connectivity index (χ1) is 8.42. The van der Waals surface area contributed by atoms with Crippen LogP contribution in [-0.4, -0.2) is 27.4 Å². The molecule has 0 aliphatic rings. The summed E-state index contributed by atoms with van der Waals surface area (Å²) in [4.78, 5) is 15.0. The molecule has 0 spiro atoms. The molecule has 3 N–H and O–H groups in total. The highest BCUT2D eigenvalue weighted by atomic mass is 79.9. The zero-order valence-corrected chi connectivity index (χ0v) is 12.6. The lowest BCUT2D eigenvalue weighted by atomic mass is 9.97. The molecule has 0 aliphatic carbocycles. The second-order valence-corrected chi connectivity index (χ2v) is 6.37. The molecular weight excluding hydrogens is 316 g/mol. The summed E-state index contributed by atoms with van der Waals surface area (Å²) in [6.45, 7) is 1.55. The molecule has 1 rings (SSSR count). The van der Waals surface area contributed by atoms with E-state index in [4.69, 9.17) is 10.8 Å². The van der Waals surface area contributed by atoms with Crippen LogP contribution in [0.15, 0.2) is 27.8 Å². The number of halogens is 1. The number of aliphatic carboxylic acids is 1. The van der Waals surface area contributed by atoms with E-state index in [2.05, 4.69) is 20.9 Å². The van der Waals surface area contributed by atoms with E-state index in [-0.39, 0.29) is 0 Å². The van der Waals surface area contributed by atoms with Gasteiger partial charge < -0.3 is 10.8 Å². The van der Waals surface area contributed by atoms with E-state index in [1.807, 2.05) is 12.1 Å². The summed E-state index contributed by atoms with van der Waals surface area (Å²) in [6.07, 6.45) is 4.01. The molecule has 100 valence electrons. The van der Waals surface area contributed by atoms with Crippen molar-refractivity contribution < 1.29 is 9.90 Å². The molecule has 1 aromatic rings. The van der Waals surface area contributed by atoms with Gasteiger partial charge >= 0.3 is 5.97 Å². The van der Waals surface area contributed by atoms with Crippen molar-refractivity contribution >= 4 is 33.7 Å². The minimum atomic E-state index is -1.11. The quantitative estimate of drug-likeness (QED) is 0.593. The largest absolute Gasteiger partial charge is 0.480 e. The predicted molar refractivity (Wildman–Crippen MR) is 76.7 cm³/mol. The van der Waals surface area contributed by atoms with Gasteiger partial charge in [0.05, 0.1) is 5.03 Å². The molecule has 0 bridgehead atoms. The van der Waals surface area contributed by atoms with Gasteiger partial charge in [-0.3, -0.25) is 4.79 Å². The van der Waals surface area contributed by atoms with Crippen LogP contribution in [0.3, 0.4) is 0 Å². The Hall–Kier alpha value is -0.590. The summed E-state index contributed by atoms with van der Waals surface area (Å²) < 4.78 is 0.965. The number of thioether (sulfide) groups is 1. The number of carbonyl (C=O) groups is 1. The zero-order valence-electron chi connectivity index (χ0n) is 10.2. The van der Waals surface area contributed by atoms with Crippen LogP contribution < -0.4 is 5.73 Å². The van der Waals surface area contributed by atoms with E-state index in [9.17, 15) is 4.79 Å². The molecule has 1 aromatic heterocycles. The Kier molecular flexibility index (Phi) is 6.11. The fourth-order valence-electron chi connectivity index (χ4n) is 1.33. The van der Waals surface area contributed by atoms with Crippen LogP contribution in [0, 0.1) is 0 Å². The van der Waals surface area contributed by atoms with Crippen molar-refractivity contribution in [3.05, 3.63) is 22.8 Å². The average molecular weight is 333 g/mol. The lowest BCUT2D eigenvalue weighted by Gasteiger charge is -2.18. The molecule has 18 heavy (non-hydrogen) atoms. The second kappa shape index (κ2) is 7.11. The first kappa shape index (κ1) is 15.5. The van der Waals surface area contributed by atoms with Crippen LogP contribution in [0.1, 0.15) is 26.2 Å². The van der Waals surface area contributed by atoms with Crippen LogP contribution in [0.25, 0.3) is 0 Å². The average Bonchev–Trinajstić information content (AvgIpc) is 2.31. The number of unbranched alkanes of at least 4 members (excludes halogenated alkanes) is 1.